The number of nitrogens with zero attached hydrogens (tertiary/aromatic N) is 1. The molecule has 2 N–H and O–H groups in total. The van der Waals surface area contributed by atoms with Gasteiger partial charge in [-0.3, -0.25) is 4.90 Å². The first-order chi connectivity index (χ1) is 12.3. The van der Waals surface area contributed by atoms with Crippen LogP contribution in [0.5, 0.6) is 0 Å². The lowest BCUT2D eigenvalue weighted by atomic mass is 9.93. The number of morpholine rings is 1. The van der Waals surface area contributed by atoms with Crippen LogP contribution in [0.1, 0.15) is 44.2 Å². The molecule has 1 heterocycles. The van der Waals surface area contributed by atoms with Crippen molar-refractivity contribution in [2.45, 2.75) is 58.3 Å². The third kappa shape index (κ3) is 5.67. The molecule has 148 valence electrons. The number of ether oxygens (including phenoxy) is 1. The first-order valence-corrected chi connectivity index (χ1v) is 10.2. The van der Waals surface area contributed by atoms with Gasteiger partial charge < -0.3 is 15.4 Å². The summed E-state index contributed by atoms with van der Waals surface area (Å²) in [6, 6.07) is 10.1. The summed E-state index contributed by atoms with van der Waals surface area (Å²) in [4.78, 5) is 2.49. The van der Waals surface area contributed by atoms with Crippen molar-refractivity contribution in [3.05, 3.63) is 35.4 Å². The molecule has 0 aromatic heterocycles. The Kier molecular flexibility index (Phi) is 9.37. The highest BCUT2D eigenvalue weighted by Gasteiger charge is 2.34. The second-order valence-electron chi connectivity index (χ2n) is 7.45. The van der Waals surface area contributed by atoms with Gasteiger partial charge in [-0.25, -0.2) is 0 Å². The maximum absolute atomic E-state index is 5.70. The molecule has 0 radical (unpaired) electrons. The lowest BCUT2D eigenvalue weighted by Crippen LogP contribution is -2.50. The highest BCUT2D eigenvalue weighted by atomic mass is 35.5. The standard InChI is InChI=1S/C21H35N3O.ClH/c1-3-24(4-2)15-18-9-6-5-8-17(18)14-23-20-11-7-10-19(20)21-16-25-13-12-22-21;/h5-6,8-9,19-23H,3-4,7,10-16H2,1-2H3;1H. The van der Waals surface area contributed by atoms with Gasteiger partial charge >= 0.3 is 0 Å². The van der Waals surface area contributed by atoms with Crippen molar-refractivity contribution in [2.24, 2.45) is 5.92 Å². The number of rotatable bonds is 8. The predicted molar refractivity (Wildman–Crippen MR) is 111 cm³/mol. The van der Waals surface area contributed by atoms with Crippen molar-refractivity contribution in [1.29, 1.82) is 0 Å². The minimum Gasteiger partial charge on any atom is -0.379 e. The maximum atomic E-state index is 5.70. The van der Waals surface area contributed by atoms with Gasteiger partial charge in [-0.2, -0.15) is 0 Å². The van der Waals surface area contributed by atoms with Crippen LogP contribution in [-0.2, 0) is 17.8 Å². The second-order valence-corrected chi connectivity index (χ2v) is 7.45. The number of hydrogen-bond acceptors (Lipinski definition) is 4. The Hall–Kier alpha value is -0.650. The molecule has 4 nitrogen and oxygen atoms in total. The first kappa shape index (κ1) is 21.6. The summed E-state index contributed by atoms with van der Waals surface area (Å²) in [6.07, 6.45) is 3.95. The number of nitrogens with one attached hydrogen (secondary N) is 2. The van der Waals surface area contributed by atoms with Crippen molar-refractivity contribution in [3.8, 4) is 0 Å². The molecule has 2 aliphatic rings. The molecule has 1 aromatic carbocycles. The highest BCUT2D eigenvalue weighted by Crippen LogP contribution is 2.30. The van der Waals surface area contributed by atoms with Crippen LogP contribution in [0.2, 0.25) is 0 Å². The molecule has 1 saturated heterocycles. The van der Waals surface area contributed by atoms with E-state index >= 15 is 0 Å². The van der Waals surface area contributed by atoms with E-state index in [9.17, 15) is 0 Å². The molecule has 3 unspecified atom stereocenters. The fourth-order valence-electron chi connectivity index (χ4n) is 4.40. The monoisotopic (exact) mass is 381 g/mol. The van der Waals surface area contributed by atoms with Crippen LogP contribution < -0.4 is 10.6 Å². The topological polar surface area (TPSA) is 36.5 Å². The minimum atomic E-state index is 0. The van der Waals surface area contributed by atoms with E-state index in [0.29, 0.717) is 18.0 Å². The van der Waals surface area contributed by atoms with Crippen LogP contribution in [0.15, 0.2) is 24.3 Å². The summed E-state index contributed by atoms with van der Waals surface area (Å²) in [5.41, 5.74) is 2.92. The Morgan fingerprint density at radius 3 is 2.62 bits per heavy atom. The van der Waals surface area contributed by atoms with Crippen LogP contribution in [0.3, 0.4) is 0 Å². The largest absolute Gasteiger partial charge is 0.379 e. The molecule has 3 rings (SSSR count). The van der Waals surface area contributed by atoms with Crippen molar-refractivity contribution in [3.63, 3.8) is 0 Å². The zero-order valence-corrected chi connectivity index (χ0v) is 17.2. The average molecular weight is 382 g/mol. The average Bonchev–Trinajstić information content (AvgIpc) is 3.14. The first-order valence-electron chi connectivity index (χ1n) is 10.2. The van der Waals surface area contributed by atoms with E-state index in [-0.39, 0.29) is 12.4 Å². The number of halogens is 1. The molecule has 2 fully saturated rings. The molecule has 26 heavy (non-hydrogen) atoms. The van der Waals surface area contributed by atoms with E-state index in [0.717, 1.165) is 45.9 Å². The minimum absolute atomic E-state index is 0. The number of benzene rings is 1. The summed E-state index contributed by atoms with van der Waals surface area (Å²) >= 11 is 0. The third-order valence-corrected chi connectivity index (χ3v) is 6.00. The summed E-state index contributed by atoms with van der Waals surface area (Å²) in [5.74, 6) is 0.704. The number of hydrogen-bond donors (Lipinski definition) is 2. The highest BCUT2D eigenvalue weighted by molar-refractivity contribution is 5.85. The molecular formula is C21H36ClN3O. The summed E-state index contributed by atoms with van der Waals surface area (Å²) in [5, 5.41) is 7.55. The molecule has 3 atom stereocenters. The Balaban J connectivity index is 0.00000243. The Morgan fingerprint density at radius 1 is 1.15 bits per heavy atom. The smallest absolute Gasteiger partial charge is 0.0623 e. The van der Waals surface area contributed by atoms with Gasteiger partial charge in [0.15, 0.2) is 0 Å². The fourth-order valence-corrected chi connectivity index (χ4v) is 4.40. The van der Waals surface area contributed by atoms with E-state index < -0.39 is 0 Å². The van der Waals surface area contributed by atoms with Gasteiger partial charge in [0.25, 0.3) is 0 Å². The zero-order chi connectivity index (χ0) is 17.5. The Morgan fingerprint density at radius 2 is 1.92 bits per heavy atom. The van der Waals surface area contributed by atoms with Gasteiger partial charge in [-0.1, -0.05) is 44.5 Å². The Labute approximate surface area is 165 Å². The van der Waals surface area contributed by atoms with Crippen LogP contribution >= 0.6 is 12.4 Å². The Bertz CT molecular complexity index is 518. The lowest BCUT2D eigenvalue weighted by molar-refractivity contribution is 0.0524. The maximum Gasteiger partial charge on any atom is 0.0623 e. The van der Waals surface area contributed by atoms with E-state index in [2.05, 4.69) is 53.6 Å². The normalized spacial score (nSPS) is 26.0. The van der Waals surface area contributed by atoms with Crippen molar-refractivity contribution in [1.82, 2.24) is 15.5 Å². The lowest BCUT2D eigenvalue weighted by Gasteiger charge is -2.33. The molecule has 1 aromatic rings. The molecule has 0 spiro atoms. The fraction of sp³-hybridized carbons (Fsp3) is 0.714. The predicted octanol–water partition coefficient (Wildman–Crippen LogP) is 3.20. The molecule has 0 amide bonds. The van der Waals surface area contributed by atoms with E-state index in [1.807, 2.05) is 0 Å². The molecular weight excluding hydrogens is 346 g/mol. The zero-order valence-electron chi connectivity index (χ0n) is 16.4. The van der Waals surface area contributed by atoms with Gasteiger partial charge in [-0.05, 0) is 43.0 Å². The molecule has 5 heteroatoms. The van der Waals surface area contributed by atoms with Crippen molar-refractivity contribution in [2.75, 3.05) is 32.8 Å². The van der Waals surface area contributed by atoms with E-state index in [4.69, 9.17) is 4.74 Å². The van der Waals surface area contributed by atoms with Crippen LogP contribution in [-0.4, -0.2) is 49.8 Å². The third-order valence-electron chi connectivity index (χ3n) is 6.00. The van der Waals surface area contributed by atoms with Crippen LogP contribution in [0, 0.1) is 5.92 Å². The second kappa shape index (κ2) is 11.3. The van der Waals surface area contributed by atoms with Crippen LogP contribution in [0.4, 0.5) is 0 Å². The van der Waals surface area contributed by atoms with Gasteiger partial charge in [0.2, 0.25) is 0 Å². The van der Waals surface area contributed by atoms with Gasteiger partial charge in [-0.15, -0.1) is 12.4 Å². The van der Waals surface area contributed by atoms with Crippen LogP contribution in [0.25, 0.3) is 0 Å². The molecule has 1 aliphatic carbocycles. The molecule has 1 saturated carbocycles. The SMILES string of the molecule is CCN(CC)Cc1ccccc1CNC1CCCC1C1COCCN1.Cl. The summed E-state index contributed by atoms with van der Waals surface area (Å²) < 4.78 is 5.70. The quantitative estimate of drug-likeness (QED) is 0.725. The molecule has 0 bridgehead atoms. The van der Waals surface area contributed by atoms with Crippen molar-refractivity contribution >= 4 is 12.4 Å². The van der Waals surface area contributed by atoms with Gasteiger partial charge in [0.1, 0.15) is 0 Å². The van der Waals surface area contributed by atoms with E-state index in [1.54, 1.807) is 0 Å². The summed E-state index contributed by atoms with van der Waals surface area (Å²) in [7, 11) is 0. The van der Waals surface area contributed by atoms with Gasteiger partial charge in [0.05, 0.1) is 13.2 Å². The molecule has 1 aliphatic heterocycles. The summed E-state index contributed by atoms with van der Waals surface area (Å²) in [6.45, 7) is 11.5. The van der Waals surface area contributed by atoms with Gasteiger partial charge in [0, 0.05) is 31.7 Å². The van der Waals surface area contributed by atoms with E-state index in [1.165, 1.54) is 30.4 Å². The van der Waals surface area contributed by atoms with Crippen molar-refractivity contribution < 1.29 is 4.74 Å².